The van der Waals surface area contributed by atoms with Crippen LogP contribution in [0.25, 0.3) is 0 Å². The Kier molecular flexibility index (Phi) is 5.39. The van der Waals surface area contributed by atoms with Crippen molar-refractivity contribution in [1.29, 1.82) is 0 Å². The van der Waals surface area contributed by atoms with Crippen LogP contribution in [0.4, 0.5) is 5.13 Å². The Morgan fingerprint density at radius 2 is 2.12 bits per heavy atom. The number of benzene rings is 1. The van der Waals surface area contributed by atoms with E-state index in [1.807, 2.05) is 19.9 Å². The van der Waals surface area contributed by atoms with Gasteiger partial charge in [-0.25, -0.2) is 4.98 Å². The zero-order valence-electron chi connectivity index (χ0n) is 19.1. The summed E-state index contributed by atoms with van der Waals surface area (Å²) in [6, 6.07) is 3.96. The van der Waals surface area contributed by atoms with Crippen molar-refractivity contribution >= 4 is 28.2 Å². The van der Waals surface area contributed by atoms with E-state index in [4.69, 9.17) is 0 Å². The third kappa shape index (κ3) is 3.47. The average molecular weight is 453 g/mol. The van der Waals surface area contributed by atoms with Gasteiger partial charge < -0.3 is 10.4 Å². The lowest BCUT2D eigenvalue weighted by Crippen LogP contribution is -2.44. The van der Waals surface area contributed by atoms with Crippen LogP contribution in [0.3, 0.4) is 0 Å². The second-order valence-corrected chi connectivity index (χ2v) is 11.6. The van der Waals surface area contributed by atoms with Crippen molar-refractivity contribution in [3.63, 3.8) is 0 Å². The van der Waals surface area contributed by atoms with E-state index < -0.39 is 0 Å². The Morgan fingerprint density at radius 3 is 2.88 bits per heavy atom. The van der Waals surface area contributed by atoms with Crippen LogP contribution >= 0.6 is 11.3 Å². The number of ketones is 1. The molecule has 0 radical (unpaired) electrons. The van der Waals surface area contributed by atoms with Crippen molar-refractivity contribution in [2.24, 2.45) is 23.2 Å². The van der Waals surface area contributed by atoms with Crippen LogP contribution in [-0.4, -0.2) is 21.8 Å². The van der Waals surface area contributed by atoms with Crippen LogP contribution in [0, 0.1) is 37.0 Å². The second kappa shape index (κ2) is 7.98. The summed E-state index contributed by atoms with van der Waals surface area (Å²) in [5.74, 6) is 2.32. The minimum Gasteiger partial charge on any atom is -0.508 e. The van der Waals surface area contributed by atoms with Crippen molar-refractivity contribution in [3.05, 3.63) is 39.9 Å². The van der Waals surface area contributed by atoms with Gasteiger partial charge in [0.1, 0.15) is 11.5 Å². The molecule has 1 aromatic heterocycles. The molecule has 1 heterocycles. The van der Waals surface area contributed by atoms with E-state index in [0.717, 1.165) is 42.5 Å². The van der Waals surface area contributed by atoms with E-state index in [1.165, 1.54) is 22.5 Å². The summed E-state index contributed by atoms with van der Waals surface area (Å²) in [5.41, 5.74) is 3.46. The Labute approximate surface area is 193 Å². The Hall–Kier alpha value is -2.21. The normalized spacial score (nSPS) is 31.0. The van der Waals surface area contributed by atoms with Gasteiger partial charge in [-0.2, -0.15) is 0 Å². The summed E-state index contributed by atoms with van der Waals surface area (Å²) in [6.45, 7) is 6.18. The van der Waals surface area contributed by atoms with E-state index >= 15 is 0 Å². The van der Waals surface area contributed by atoms with Crippen LogP contribution < -0.4 is 5.32 Å². The molecule has 1 aromatic carbocycles. The third-order valence-electron chi connectivity index (χ3n) is 8.62. The monoisotopic (exact) mass is 452 g/mol. The number of aromatic hydroxyl groups is 1. The van der Waals surface area contributed by atoms with Gasteiger partial charge in [0.15, 0.2) is 5.13 Å². The molecule has 3 aliphatic carbocycles. The summed E-state index contributed by atoms with van der Waals surface area (Å²) >= 11 is 1.49. The first kappa shape index (κ1) is 21.6. The molecule has 2 aromatic rings. The van der Waals surface area contributed by atoms with Crippen molar-refractivity contribution in [2.45, 2.75) is 71.6 Å². The molecule has 0 bridgehead atoms. The number of carbonyl (C=O) groups excluding carboxylic acids is 2. The Morgan fingerprint density at radius 1 is 1.31 bits per heavy atom. The molecule has 32 heavy (non-hydrogen) atoms. The van der Waals surface area contributed by atoms with Gasteiger partial charge >= 0.3 is 0 Å². The molecule has 5 atom stereocenters. The summed E-state index contributed by atoms with van der Waals surface area (Å²) in [7, 11) is 0. The first-order valence-corrected chi connectivity index (χ1v) is 12.7. The largest absolute Gasteiger partial charge is 0.508 e. The summed E-state index contributed by atoms with van der Waals surface area (Å²) in [5, 5.41) is 13.8. The zero-order chi connectivity index (χ0) is 22.6. The summed E-state index contributed by atoms with van der Waals surface area (Å²) in [4.78, 5) is 31.0. The molecule has 6 heteroatoms. The van der Waals surface area contributed by atoms with Crippen LogP contribution in [0.2, 0.25) is 0 Å². The SMILES string of the molecule is Cc1cnc(NC(=O)CCC2CC(=O)C3(C)CCC4c5ccc(O)c(C)c5CCC4C23)s1. The number of aryl methyl sites for hydroxylation is 1. The summed E-state index contributed by atoms with van der Waals surface area (Å²) < 4.78 is 0. The minimum atomic E-state index is -0.252. The third-order valence-corrected chi connectivity index (χ3v) is 9.45. The molecule has 2 N–H and O–H groups in total. The average Bonchev–Trinajstić information content (AvgIpc) is 3.28. The number of phenolic OH excluding ortho intramolecular Hbond substituents is 1. The first-order chi connectivity index (χ1) is 15.3. The van der Waals surface area contributed by atoms with Crippen molar-refractivity contribution in [2.75, 3.05) is 5.32 Å². The van der Waals surface area contributed by atoms with Gasteiger partial charge in [-0.15, -0.1) is 11.3 Å². The maximum Gasteiger partial charge on any atom is 0.226 e. The fraction of sp³-hybridized carbons (Fsp3) is 0.577. The number of carbonyl (C=O) groups is 2. The number of aromatic nitrogens is 1. The van der Waals surface area contributed by atoms with Gasteiger partial charge in [-0.05, 0) is 92.4 Å². The van der Waals surface area contributed by atoms with E-state index in [2.05, 4.69) is 23.3 Å². The zero-order valence-corrected chi connectivity index (χ0v) is 19.9. The number of Topliss-reactive ketones (excluding diaryl/α,β-unsaturated/α-hetero) is 1. The maximum atomic E-state index is 13.2. The molecule has 5 rings (SSSR count). The smallest absolute Gasteiger partial charge is 0.226 e. The van der Waals surface area contributed by atoms with Crippen molar-refractivity contribution in [1.82, 2.24) is 4.98 Å². The highest BCUT2D eigenvalue weighted by atomic mass is 32.1. The summed E-state index contributed by atoms with van der Waals surface area (Å²) in [6.07, 6.45) is 7.57. The molecule has 5 nitrogen and oxygen atoms in total. The molecule has 5 unspecified atom stereocenters. The van der Waals surface area contributed by atoms with E-state index in [9.17, 15) is 14.7 Å². The van der Waals surface area contributed by atoms with E-state index in [0.29, 0.717) is 47.3 Å². The predicted molar refractivity (Wildman–Crippen MR) is 126 cm³/mol. The molecule has 1 amide bonds. The number of thiazole rings is 1. The number of rotatable bonds is 4. The molecule has 0 saturated heterocycles. The van der Waals surface area contributed by atoms with Crippen molar-refractivity contribution in [3.8, 4) is 5.75 Å². The van der Waals surface area contributed by atoms with E-state index in [-0.39, 0.29) is 17.2 Å². The molecular formula is C26H32N2O3S. The maximum absolute atomic E-state index is 13.2. The number of amides is 1. The number of anilines is 1. The minimum absolute atomic E-state index is 0.00662. The highest BCUT2D eigenvalue weighted by Gasteiger charge is 2.58. The number of fused-ring (bicyclic) bond motifs is 5. The Bertz CT molecular complexity index is 1080. The standard InChI is InChI=1S/C26H32N2O3S/c1-14-13-27-25(32-14)28-23(31)9-4-16-12-22(30)26(3)11-10-19-18-7-8-21(29)15(2)17(18)5-6-20(19)24(16)26/h7-8,13,16,19-20,24,29H,4-6,9-12H2,1-3H3,(H,27,28,31). The predicted octanol–water partition coefficient (Wildman–Crippen LogP) is 5.54. The van der Waals surface area contributed by atoms with Crippen molar-refractivity contribution < 1.29 is 14.7 Å². The van der Waals surface area contributed by atoms with Gasteiger partial charge in [0.25, 0.3) is 0 Å². The first-order valence-electron chi connectivity index (χ1n) is 11.8. The van der Waals surface area contributed by atoms with E-state index in [1.54, 1.807) is 6.20 Å². The second-order valence-electron chi connectivity index (χ2n) is 10.3. The highest BCUT2D eigenvalue weighted by molar-refractivity contribution is 7.15. The number of hydrogen-bond acceptors (Lipinski definition) is 5. The molecule has 170 valence electrons. The number of nitrogens with zero attached hydrogens (tertiary/aromatic N) is 1. The topological polar surface area (TPSA) is 79.3 Å². The molecule has 2 fully saturated rings. The molecule has 3 aliphatic rings. The lowest BCUT2D eigenvalue weighted by Gasteiger charge is -2.50. The molecule has 0 aliphatic heterocycles. The van der Waals surface area contributed by atoms with Crippen LogP contribution in [0.1, 0.15) is 72.9 Å². The lowest BCUT2D eigenvalue weighted by atomic mass is 9.53. The quantitative estimate of drug-likeness (QED) is 0.639. The van der Waals surface area contributed by atoms with Gasteiger partial charge in [0.05, 0.1) is 0 Å². The van der Waals surface area contributed by atoms with Gasteiger partial charge in [0, 0.05) is 29.3 Å². The van der Waals surface area contributed by atoms with Gasteiger partial charge in [0.2, 0.25) is 5.91 Å². The fourth-order valence-corrected chi connectivity index (χ4v) is 7.75. The Balaban J connectivity index is 1.35. The number of nitrogens with one attached hydrogen (secondary N) is 1. The van der Waals surface area contributed by atoms with Gasteiger partial charge in [-0.1, -0.05) is 13.0 Å². The highest BCUT2D eigenvalue weighted by Crippen LogP contribution is 2.62. The lowest BCUT2D eigenvalue weighted by molar-refractivity contribution is -0.129. The molecule has 2 saturated carbocycles. The number of hydrogen-bond donors (Lipinski definition) is 2. The van der Waals surface area contributed by atoms with Crippen LogP contribution in [0.15, 0.2) is 18.3 Å². The molecular weight excluding hydrogens is 420 g/mol. The van der Waals surface area contributed by atoms with Gasteiger partial charge in [-0.3, -0.25) is 9.59 Å². The molecule has 0 spiro atoms. The van der Waals surface area contributed by atoms with Crippen LogP contribution in [0.5, 0.6) is 5.75 Å². The fourth-order valence-electron chi connectivity index (χ4n) is 7.07. The number of phenols is 1. The van der Waals surface area contributed by atoms with Crippen LogP contribution in [-0.2, 0) is 16.0 Å².